The van der Waals surface area contributed by atoms with Gasteiger partial charge in [0.25, 0.3) is 0 Å². The highest BCUT2D eigenvalue weighted by molar-refractivity contribution is 6.36. The first-order valence-corrected chi connectivity index (χ1v) is 7.44. The normalized spacial score (nSPS) is 10.9. The van der Waals surface area contributed by atoms with Gasteiger partial charge in [-0.2, -0.15) is 0 Å². The number of nitrogens with zero attached hydrogens (tertiary/aromatic N) is 4. The first-order valence-electron chi connectivity index (χ1n) is 6.69. The van der Waals surface area contributed by atoms with Gasteiger partial charge in [-0.3, -0.25) is 0 Å². The van der Waals surface area contributed by atoms with Gasteiger partial charge in [-0.15, -0.1) is 0 Å². The fraction of sp³-hybridized carbons (Fsp3) is 0.133. The van der Waals surface area contributed by atoms with Gasteiger partial charge in [0.1, 0.15) is 5.82 Å². The Hall–Kier alpha value is -1.95. The smallest absolute Gasteiger partial charge is 0.130 e. The molecule has 2 N–H and O–H groups in total. The highest BCUT2D eigenvalue weighted by Gasteiger charge is 2.14. The average Bonchev–Trinajstić information content (AvgIpc) is 3.02. The van der Waals surface area contributed by atoms with Crippen LogP contribution in [0.4, 0.5) is 0 Å². The van der Waals surface area contributed by atoms with Crippen LogP contribution in [-0.2, 0) is 6.42 Å². The lowest BCUT2D eigenvalue weighted by Crippen LogP contribution is -2.09. The lowest BCUT2D eigenvalue weighted by atomic mass is 10.1. The van der Waals surface area contributed by atoms with E-state index in [9.17, 15) is 0 Å². The summed E-state index contributed by atoms with van der Waals surface area (Å²) in [6, 6.07) is 5.33. The van der Waals surface area contributed by atoms with Crippen molar-refractivity contribution < 1.29 is 0 Å². The van der Waals surface area contributed by atoms with Crippen LogP contribution in [0.15, 0.2) is 43.1 Å². The second-order valence-electron chi connectivity index (χ2n) is 4.65. The van der Waals surface area contributed by atoms with Crippen LogP contribution in [0, 0.1) is 0 Å². The number of benzene rings is 1. The van der Waals surface area contributed by atoms with E-state index in [1.165, 1.54) is 0 Å². The molecule has 1 aromatic carbocycles. The minimum Gasteiger partial charge on any atom is -0.330 e. The SMILES string of the molecule is NCCc1ncc(-n2ccnc2)c(-c2ccc(Cl)cc2Cl)n1. The molecule has 0 amide bonds. The molecule has 3 rings (SSSR count). The Labute approximate surface area is 137 Å². The summed E-state index contributed by atoms with van der Waals surface area (Å²) in [4.78, 5) is 13.0. The summed E-state index contributed by atoms with van der Waals surface area (Å²) in [5, 5.41) is 1.11. The number of rotatable bonds is 4. The van der Waals surface area contributed by atoms with Gasteiger partial charge < -0.3 is 10.3 Å². The summed E-state index contributed by atoms with van der Waals surface area (Å²) in [6.07, 6.45) is 7.56. The summed E-state index contributed by atoms with van der Waals surface area (Å²) in [5.74, 6) is 0.674. The van der Waals surface area contributed by atoms with E-state index in [2.05, 4.69) is 15.0 Å². The highest BCUT2D eigenvalue weighted by Crippen LogP contribution is 2.32. The van der Waals surface area contributed by atoms with Gasteiger partial charge in [-0.05, 0) is 24.7 Å². The van der Waals surface area contributed by atoms with Gasteiger partial charge in [0, 0.05) is 29.4 Å². The summed E-state index contributed by atoms with van der Waals surface area (Å²) in [5.41, 5.74) is 7.89. The van der Waals surface area contributed by atoms with Crippen LogP contribution in [0.5, 0.6) is 0 Å². The molecule has 3 aromatic rings. The summed E-state index contributed by atoms with van der Waals surface area (Å²) < 4.78 is 1.84. The first kappa shape index (κ1) is 15.0. The van der Waals surface area contributed by atoms with Crippen molar-refractivity contribution in [2.24, 2.45) is 5.73 Å². The molecule has 0 bridgehead atoms. The molecule has 112 valence electrons. The van der Waals surface area contributed by atoms with Crippen LogP contribution in [0.25, 0.3) is 16.9 Å². The average molecular weight is 334 g/mol. The van der Waals surface area contributed by atoms with E-state index in [0.717, 1.165) is 16.9 Å². The second-order valence-corrected chi connectivity index (χ2v) is 5.50. The molecule has 0 unspecified atom stereocenters. The van der Waals surface area contributed by atoms with E-state index in [0.29, 0.717) is 28.8 Å². The van der Waals surface area contributed by atoms with Crippen molar-refractivity contribution in [1.82, 2.24) is 19.5 Å². The summed E-state index contributed by atoms with van der Waals surface area (Å²) in [7, 11) is 0. The maximum atomic E-state index is 6.33. The fourth-order valence-corrected chi connectivity index (χ4v) is 2.63. The monoisotopic (exact) mass is 333 g/mol. The quantitative estimate of drug-likeness (QED) is 0.796. The third kappa shape index (κ3) is 2.97. The predicted octanol–water partition coefficient (Wildman–Crippen LogP) is 3.14. The van der Waals surface area contributed by atoms with E-state index in [4.69, 9.17) is 28.9 Å². The van der Waals surface area contributed by atoms with Crippen molar-refractivity contribution in [2.75, 3.05) is 6.54 Å². The van der Waals surface area contributed by atoms with Crippen molar-refractivity contribution in [3.8, 4) is 16.9 Å². The number of nitrogens with two attached hydrogens (primary N) is 1. The molecule has 2 heterocycles. The van der Waals surface area contributed by atoms with Crippen LogP contribution in [-0.4, -0.2) is 26.1 Å². The Morgan fingerprint density at radius 2 is 2.09 bits per heavy atom. The molecule has 22 heavy (non-hydrogen) atoms. The zero-order valence-electron chi connectivity index (χ0n) is 11.6. The zero-order valence-corrected chi connectivity index (χ0v) is 13.1. The number of aromatic nitrogens is 4. The van der Waals surface area contributed by atoms with Gasteiger partial charge in [0.05, 0.1) is 28.9 Å². The van der Waals surface area contributed by atoms with Crippen molar-refractivity contribution in [3.63, 3.8) is 0 Å². The molecule has 0 atom stereocenters. The maximum Gasteiger partial charge on any atom is 0.130 e. The molecule has 0 saturated carbocycles. The van der Waals surface area contributed by atoms with Gasteiger partial charge in [0.15, 0.2) is 0 Å². The van der Waals surface area contributed by atoms with E-state index < -0.39 is 0 Å². The second kappa shape index (κ2) is 6.44. The number of hydrogen-bond donors (Lipinski definition) is 1. The van der Waals surface area contributed by atoms with E-state index in [1.54, 1.807) is 30.9 Å². The lowest BCUT2D eigenvalue weighted by molar-refractivity contribution is 0.859. The topological polar surface area (TPSA) is 69.6 Å². The summed E-state index contributed by atoms with van der Waals surface area (Å²) >= 11 is 12.3. The molecular weight excluding hydrogens is 321 g/mol. The highest BCUT2D eigenvalue weighted by atomic mass is 35.5. The number of halogens is 2. The van der Waals surface area contributed by atoms with Crippen LogP contribution in [0.3, 0.4) is 0 Å². The predicted molar refractivity (Wildman–Crippen MR) is 87.4 cm³/mol. The number of hydrogen-bond acceptors (Lipinski definition) is 4. The van der Waals surface area contributed by atoms with Crippen LogP contribution in [0.2, 0.25) is 10.0 Å². The van der Waals surface area contributed by atoms with Crippen molar-refractivity contribution in [1.29, 1.82) is 0 Å². The van der Waals surface area contributed by atoms with Crippen LogP contribution >= 0.6 is 23.2 Å². The van der Waals surface area contributed by atoms with Crippen molar-refractivity contribution in [2.45, 2.75) is 6.42 Å². The Kier molecular flexibility index (Phi) is 4.38. The minimum atomic E-state index is 0.484. The third-order valence-electron chi connectivity index (χ3n) is 3.16. The minimum absolute atomic E-state index is 0.484. The van der Waals surface area contributed by atoms with Gasteiger partial charge in [0.2, 0.25) is 0 Å². The molecule has 0 aliphatic heterocycles. The van der Waals surface area contributed by atoms with Crippen molar-refractivity contribution >= 4 is 23.2 Å². The maximum absolute atomic E-state index is 6.33. The molecule has 7 heteroatoms. The van der Waals surface area contributed by atoms with Gasteiger partial charge in [-0.25, -0.2) is 15.0 Å². The van der Waals surface area contributed by atoms with Crippen LogP contribution in [0.1, 0.15) is 5.82 Å². The standard InChI is InChI=1S/C15H13Cl2N5/c16-10-1-2-11(12(17)7-10)15-13(22-6-5-19-9-22)8-20-14(21-15)3-4-18/h1-2,5-9H,3-4,18H2. The van der Waals surface area contributed by atoms with Gasteiger partial charge >= 0.3 is 0 Å². The van der Waals surface area contributed by atoms with Gasteiger partial charge in [-0.1, -0.05) is 23.2 Å². The van der Waals surface area contributed by atoms with E-state index in [1.807, 2.05) is 16.8 Å². The molecule has 2 aromatic heterocycles. The molecule has 0 spiro atoms. The summed E-state index contributed by atoms with van der Waals surface area (Å²) in [6.45, 7) is 0.484. The fourth-order valence-electron chi connectivity index (χ4n) is 2.13. The molecule has 0 aliphatic carbocycles. The first-order chi connectivity index (χ1) is 10.7. The van der Waals surface area contributed by atoms with E-state index >= 15 is 0 Å². The Morgan fingerprint density at radius 1 is 1.23 bits per heavy atom. The Balaban J connectivity index is 2.20. The van der Waals surface area contributed by atoms with E-state index in [-0.39, 0.29) is 0 Å². The molecule has 0 aliphatic rings. The van der Waals surface area contributed by atoms with Crippen LogP contribution < -0.4 is 5.73 Å². The largest absolute Gasteiger partial charge is 0.330 e. The Bertz CT molecular complexity index is 787. The third-order valence-corrected chi connectivity index (χ3v) is 3.70. The number of imidazole rings is 1. The molecule has 0 fully saturated rings. The molecule has 5 nitrogen and oxygen atoms in total. The molecule has 0 saturated heterocycles. The molecular formula is C15H13Cl2N5. The van der Waals surface area contributed by atoms with Crippen molar-refractivity contribution in [3.05, 3.63) is 59.0 Å². The zero-order chi connectivity index (χ0) is 15.5. The molecule has 0 radical (unpaired) electrons. The lowest BCUT2D eigenvalue weighted by Gasteiger charge is -2.12. The Morgan fingerprint density at radius 3 is 2.77 bits per heavy atom.